The van der Waals surface area contributed by atoms with Crippen LogP contribution in [0.1, 0.15) is 11.3 Å². The maximum absolute atomic E-state index is 13.3. The molecule has 1 unspecified atom stereocenters. The van der Waals surface area contributed by atoms with E-state index in [0.29, 0.717) is 11.5 Å². The van der Waals surface area contributed by atoms with Crippen LogP contribution in [0.25, 0.3) is 10.6 Å². The molecule has 0 aliphatic rings. The van der Waals surface area contributed by atoms with E-state index in [0.717, 1.165) is 34.9 Å². The van der Waals surface area contributed by atoms with Crippen LogP contribution < -0.4 is 14.4 Å². The molecule has 0 aliphatic carbocycles. The lowest BCUT2D eigenvalue weighted by Crippen LogP contribution is -3.06. The molecule has 0 spiro atoms. The van der Waals surface area contributed by atoms with Gasteiger partial charge in [-0.05, 0) is 30.3 Å². The molecule has 2 aromatic carbocycles. The number of nitrogens with zero attached hydrogens (tertiary/aromatic N) is 1. The Balaban J connectivity index is 1.69. The third-order valence-corrected chi connectivity index (χ3v) is 5.00. The number of benzene rings is 2. The van der Waals surface area contributed by atoms with Gasteiger partial charge in [0, 0.05) is 16.5 Å². The molecule has 4 nitrogen and oxygen atoms in total. The van der Waals surface area contributed by atoms with Gasteiger partial charge in [-0.15, -0.1) is 11.3 Å². The van der Waals surface area contributed by atoms with Gasteiger partial charge in [-0.1, -0.05) is 12.1 Å². The minimum Gasteiger partial charge on any atom is -0.493 e. The summed E-state index contributed by atoms with van der Waals surface area (Å²) < 4.78 is 24.0. The van der Waals surface area contributed by atoms with Gasteiger partial charge in [-0.3, -0.25) is 0 Å². The number of hydrogen-bond acceptors (Lipinski definition) is 4. The van der Waals surface area contributed by atoms with Crippen molar-refractivity contribution in [3.63, 3.8) is 0 Å². The summed E-state index contributed by atoms with van der Waals surface area (Å²) in [4.78, 5) is 5.99. The molecule has 136 valence electrons. The average Bonchev–Trinajstić information content (AvgIpc) is 3.09. The van der Waals surface area contributed by atoms with Crippen LogP contribution in [0.5, 0.6) is 11.5 Å². The molecular formula is C20H22FN2O2S+. The van der Waals surface area contributed by atoms with Crippen molar-refractivity contribution in [3.05, 3.63) is 64.9 Å². The van der Waals surface area contributed by atoms with Crippen LogP contribution in [0.3, 0.4) is 0 Å². The Kier molecular flexibility index (Phi) is 5.85. The van der Waals surface area contributed by atoms with Crippen molar-refractivity contribution in [2.75, 3.05) is 21.3 Å². The highest BCUT2D eigenvalue weighted by atomic mass is 32.1. The average molecular weight is 373 g/mol. The first-order valence-electron chi connectivity index (χ1n) is 8.31. The summed E-state index contributed by atoms with van der Waals surface area (Å²) in [5, 5.41) is 3.01. The summed E-state index contributed by atoms with van der Waals surface area (Å²) in [5.41, 5.74) is 3.01. The third kappa shape index (κ3) is 4.39. The second-order valence-corrected chi connectivity index (χ2v) is 7.01. The highest BCUT2D eigenvalue weighted by molar-refractivity contribution is 7.13. The first kappa shape index (κ1) is 18.4. The molecule has 0 saturated heterocycles. The number of ether oxygens (including phenoxy) is 2. The standard InChI is InChI=1S/C20H21FN2O2S/c1-23(11-14-5-4-6-16(21)9-14)12-17-13-26-20(22-17)15-7-8-18(24-2)19(10-15)25-3/h4-10,13H,11-12H2,1-3H3/p+1. The van der Waals surface area contributed by atoms with Gasteiger partial charge in [0.2, 0.25) is 0 Å². The number of methoxy groups -OCH3 is 2. The van der Waals surface area contributed by atoms with Gasteiger partial charge < -0.3 is 14.4 Å². The maximum atomic E-state index is 13.3. The molecular weight excluding hydrogens is 351 g/mol. The fourth-order valence-electron chi connectivity index (χ4n) is 2.86. The Morgan fingerprint density at radius 1 is 1.04 bits per heavy atom. The quantitative estimate of drug-likeness (QED) is 0.691. The Hall–Kier alpha value is -2.44. The molecule has 0 bridgehead atoms. The normalized spacial score (nSPS) is 12.0. The zero-order chi connectivity index (χ0) is 18.5. The lowest BCUT2D eigenvalue weighted by molar-refractivity contribution is -0.908. The predicted molar refractivity (Wildman–Crippen MR) is 101 cm³/mol. The number of hydrogen-bond donors (Lipinski definition) is 1. The van der Waals surface area contributed by atoms with Crippen LogP contribution in [0.2, 0.25) is 0 Å². The van der Waals surface area contributed by atoms with Crippen molar-refractivity contribution in [1.82, 2.24) is 4.98 Å². The first-order chi connectivity index (χ1) is 12.6. The molecule has 6 heteroatoms. The van der Waals surface area contributed by atoms with Crippen LogP contribution in [-0.2, 0) is 13.1 Å². The second-order valence-electron chi connectivity index (χ2n) is 6.15. The number of quaternary nitrogens is 1. The highest BCUT2D eigenvalue weighted by Crippen LogP contribution is 2.33. The summed E-state index contributed by atoms with van der Waals surface area (Å²) in [5.74, 6) is 1.20. The van der Waals surface area contributed by atoms with Crippen LogP contribution >= 0.6 is 11.3 Å². The zero-order valence-corrected chi connectivity index (χ0v) is 15.9. The number of rotatable bonds is 7. The van der Waals surface area contributed by atoms with Crippen molar-refractivity contribution in [3.8, 4) is 22.1 Å². The van der Waals surface area contributed by atoms with E-state index in [1.54, 1.807) is 37.7 Å². The van der Waals surface area contributed by atoms with E-state index in [9.17, 15) is 4.39 Å². The lowest BCUT2D eigenvalue weighted by Gasteiger charge is -2.12. The van der Waals surface area contributed by atoms with Gasteiger partial charge >= 0.3 is 0 Å². The maximum Gasteiger partial charge on any atom is 0.161 e. The van der Waals surface area contributed by atoms with E-state index < -0.39 is 0 Å². The van der Waals surface area contributed by atoms with E-state index in [1.807, 2.05) is 24.3 Å². The molecule has 1 atom stereocenters. The summed E-state index contributed by atoms with van der Waals surface area (Å²) in [7, 11) is 5.33. The topological polar surface area (TPSA) is 35.8 Å². The number of nitrogens with one attached hydrogen (secondary N) is 1. The van der Waals surface area contributed by atoms with Crippen molar-refractivity contribution in [2.45, 2.75) is 13.1 Å². The molecule has 26 heavy (non-hydrogen) atoms. The van der Waals surface area contributed by atoms with Crippen LogP contribution in [0, 0.1) is 5.82 Å². The summed E-state index contributed by atoms with van der Waals surface area (Å²) in [6.07, 6.45) is 0. The second kappa shape index (κ2) is 8.29. The highest BCUT2D eigenvalue weighted by Gasteiger charge is 2.12. The van der Waals surface area contributed by atoms with Crippen molar-refractivity contribution in [1.29, 1.82) is 0 Å². The molecule has 0 radical (unpaired) electrons. The summed E-state index contributed by atoms with van der Waals surface area (Å²) >= 11 is 1.61. The zero-order valence-electron chi connectivity index (χ0n) is 15.1. The first-order valence-corrected chi connectivity index (χ1v) is 9.19. The predicted octanol–water partition coefficient (Wildman–Crippen LogP) is 3.18. The van der Waals surface area contributed by atoms with Gasteiger partial charge in [0.15, 0.2) is 11.5 Å². The van der Waals surface area contributed by atoms with Crippen LogP contribution in [0.15, 0.2) is 47.8 Å². The molecule has 0 aliphatic heterocycles. The van der Waals surface area contributed by atoms with Gasteiger partial charge in [0.05, 0.1) is 21.3 Å². The van der Waals surface area contributed by atoms with Crippen molar-refractivity contribution >= 4 is 11.3 Å². The van der Waals surface area contributed by atoms with Crippen molar-refractivity contribution < 1.29 is 18.8 Å². The van der Waals surface area contributed by atoms with E-state index in [-0.39, 0.29) is 5.82 Å². The lowest BCUT2D eigenvalue weighted by atomic mass is 10.2. The number of thiazole rings is 1. The molecule has 0 fully saturated rings. The Labute approximate surface area is 156 Å². The fourth-order valence-corrected chi connectivity index (χ4v) is 3.67. The monoisotopic (exact) mass is 373 g/mol. The van der Waals surface area contributed by atoms with Crippen LogP contribution in [-0.4, -0.2) is 26.3 Å². The van der Waals surface area contributed by atoms with Crippen molar-refractivity contribution in [2.24, 2.45) is 0 Å². The third-order valence-electron chi connectivity index (χ3n) is 4.06. The number of aromatic nitrogens is 1. The molecule has 1 N–H and O–H groups in total. The molecule has 1 heterocycles. The van der Waals surface area contributed by atoms with E-state index in [4.69, 9.17) is 14.5 Å². The smallest absolute Gasteiger partial charge is 0.161 e. The van der Waals surface area contributed by atoms with Gasteiger partial charge in [-0.25, -0.2) is 9.37 Å². The Morgan fingerprint density at radius 3 is 2.58 bits per heavy atom. The largest absolute Gasteiger partial charge is 0.493 e. The van der Waals surface area contributed by atoms with Crippen LogP contribution in [0.4, 0.5) is 4.39 Å². The fraction of sp³-hybridized carbons (Fsp3) is 0.250. The minimum atomic E-state index is -0.195. The Bertz CT molecular complexity index is 882. The summed E-state index contributed by atoms with van der Waals surface area (Å²) in [6, 6.07) is 12.5. The van der Waals surface area contributed by atoms with E-state index in [2.05, 4.69) is 12.4 Å². The molecule has 0 saturated carbocycles. The molecule has 1 aromatic heterocycles. The van der Waals surface area contributed by atoms with E-state index >= 15 is 0 Å². The minimum absolute atomic E-state index is 0.195. The molecule has 0 amide bonds. The van der Waals surface area contributed by atoms with Gasteiger partial charge in [-0.2, -0.15) is 0 Å². The van der Waals surface area contributed by atoms with Gasteiger partial charge in [0.25, 0.3) is 0 Å². The molecule has 3 aromatic rings. The number of halogens is 1. The van der Waals surface area contributed by atoms with E-state index in [1.165, 1.54) is 11.0 Å². The Morgan fingerprint density at radius 2 is 1.85 bits per heavy atom. The molecule has 3 rings (SSSR count). The van der Waals surface area contributed by atoms with Gasteiger partial charge in [0.1, 0.15) is 29.6 Å². The summed E-state index contributed by atoms with van der Waals surface area (Å²) in [6.45, 7) is 1.53. The SMILES string of the molecule is COc1ccc(-c2nc(C[NH+](C)Cc3cccc(F)c3)cs2)cc1OC.